The molecular weight excluding hydrogens is 454 g/mol. The molecule has 0 bridgehead atoms. The summed E-state index contributed by atoms with van der Waals surface area (Å²) in [6.45, 7) is 1.22. The van der Waals surface area contributed by atoms with Crippen LogP contribution >= 0.6 is 24.0 Å². The van der Waals surface area contributed by atoms with Gasteiger partial charge in [-0.25, -0.2) is 0 Å². The second-order valence-electron chi connectivity index (χ2n) is 7.16. The Labute approximate surface area is 203 Å². The van der Waals surface area contributed by atoms with Gasteiger partial charge >= 0.3 is 0 Å². The van der Waals surface area contributed by atoms with Crippen molar-refractivity contribution < 1.29 is 19.0 Å². The SMILES string of the molecule is COc1ccc(OCCOc2ccccc2/C=C2\SC(=S)N(Cc3ccccc3)C2=O)cc1. The van der Waals surface area contributed by atoms with E-state index in [1.54, 1.807) is 12.0 Å². The highest BCUT2D eigenvalue weighted by atomic mass is 32.2. The number of rotatable bonds is 9. The Bertz CT molecular complexity index is 1150. The van der Waals surface area contributed by atoms with Crippen molar-refractivity contribution in [3.8, 4) is 17.2 Å². The van der Waals surface area contributed by atoms with Gasteiger partial charge in [0.15, 0.2) is 0 Å². The molecule has 0 radical (unpaired) electrons. The summed E-state index contributed by atoms with van der Waals surface area (Å²) in [6, 6.07) is 24.8. The predicted octanol–water partition coefficient (Wildman–Crippen LogP) is 5.55. The first kappa shape index (κ1) is 22.9. The second-order valence-corrected chi connectivity index (χ2v) is 8.84. The van der Waals surface area contributed by atoms with Crippen LogP contribution in [0.1, 0.15) is 11.1 Å². The number of hydrogen-bond acceptors (Lipinski definition) is 6. The first-order valence-corrected chi connectivity index (χ1v) is 11.6. The minimum atomic E-state index is -0.0912. The Morgan fingerprint density at radius 2 is 1.55 bits per heavy atom. The van der Waals surface area contributed by atoms with Gasteiger partial charge in [0.1, 0.15) is 34.8 Å². The van der Waals surface area contributed by atoms with Crippen LogP contribution in [0, 0.1) is 0 Å². The van der Waals surface area contributed by atoms with Crippen LogP contribution in [0.5, 0.6) is 17.2 Å². The van der Waals surface area contributed by atoms with Crippen molar-refractivity contribution in [1.29, 1.82) is 0 Å². The number of amides is 1. The highest BCUT2D eigenvalue weighted by Crippen LogP contribution is 2.35. The van der Waals surface area contributed by atoms with E-state index in [0.29, 0.717) is 34.7 Å². The third kappa shape index (κ3) is 5.94. The zero-order valence-electron chi connectivity index (χ0n) is 18.1. The number of methoxy groups -OCH3 is 1. The molecule has 1 saturated heterocycles. The highest BCUT2D eigenvalue weighted by Gasteiger charge is 2.32. The fraction of sp³-hybridized carbons (Fsp3) is 0.154. The van der Waals surface area contributed by atoms with Crippen molar-refractivity contribution in [3.05, 3.63) is 94.9 Å². The van der Waals surface area contributed by atoms with Crippen LogP contribution in [-0.2, 0) is 11.3 Å². The molecule has 0 spiro atoms. The van der Waals surface area contributed by atoms with Gasteiger partial charge in [0, 0.05) is 5.56 Å². The van der Waals surface area contributed by atoms with Gasteiger partial charge in [0.05, 0.1) is 18.6 Å². The molecule has 168 valence electrons. The first-order valence-electron chi connectivity index (χ1n) is 10.4. The molecule has 0 N–H and O–H groups in total. The average Bonchev–Trinajstić information content (AvgIpc) is 3.11. The van der Waals surface area contributed by atoms with Crippen molar-refractivity contribution in [2.45, 2.75) is 6.54 Å². The molecule has 5 nitrogen and oxygen atoms in total. The molecule has 4 rings (SSSR count). The van der Waals surface area contributed by atoms with Crippen LogP contribution in [0.3, 0.4) is 0 Å². The monoisotopic (exact) mass is 477 g/mol. The van der Waals surface area contributed by atoms with Crippen molar-refractivity contribution in [1.82, 2.24) is 4.90 Å². The molecule has 1 aliphatic rings. The van der Waals surface area contributed by atoms with E-state index in [1.807, 2.05) is 84.9 Å². The number of thioether (sulfide) groups is 1. The van der Waals surface area contributed by atoms with Crippen molar-refractivity contribution in [2.24, 2.45) is 0 Å². The van der Waals surface area contributed by atoms with E-state index in [9.17, 15) is 4.79 Å². The number of thiocarbonyl (C=S) groups is 1. The van der Waals surface area contributed by atoms with E-state index in [2.05, 4.69) is 0 Å². The highest BCUT2D eigenvalue weighted by molar-refractivity contribution is 8.26. The van der Waals surface area contributed by atoms with Crippen LogP contribution in [0.4, 0.5) is 0 Å². The van der Waals surface area contributed by atoms with Gasteiger partial charge in [-0.3, -0.25) is 9.69 Å². The zero-order chi connectivity index (χ0) is 23.0. The van der Waals surface area contributed by atoms with E-state index in [-0.39, 0.29) is 5.91 Å². The molecule has 7 heteroatoms. The van der Waals surface area contributed by atoms with Crippen LogP contribution in [0.25, 0.3) is 6.08 Å². The summed E-state index contributed by atoms with van der Waals surface area (Å²) in [4.78, 5) is 15.2. The molecule has 0 aliphatic carbocycles. The lowest BCUT2D eigenvalue weighted by Gasteiger charge is -2.14. The Morgan fingerprint density at radius 1 is 0.879 bits per heavy atom. The molecular formula is C26H23NO4S2. The quantitative estimate of drug-likeness (QED) is 0.229. The zero-order valence-corrected chi connectivity index (χ0v) is 19.7. The molecule has 1 heterocycles. The average molecular weight is 478 g/mol. The van der Waals surface area contributed by atoms with Crippen molar-refractivity contribution in [3.63, 3.8) is 0 Å². The smallest absolute Gasteiger partial charge is 0.266 e. The molecule has 0 atom stereocenters. The lowest BCUT2D eigenvalue weighted by Crippen LogP contribution is -2.27. The van der Waals surface area contributed by atoms with Gasteiger partial charge in [-0.1, -0.05) is 72.5 Å². The van der Waals surface area contributed by atoms with Crippen molar-refractivity contribution >= 4 is 40.3 Å². The summed E-state index contributed by atoms with van der Waals surface area (Å²) in [5.41, 5.74) is 1.86. The summed E-state index contributed by atoms with van der Waals surface area (Å²) < 4.78 is 17.4. The van der Waals surface area contributed by atoms with Gasteiger partial charge < -0.3 is 14.2 Å². The lowest BCUT2D eigenvalue weighted by molar-refractivity contribution is -0.122. The summed E-state index contributed by atoms with van der Waals surface area (Å²) >= 11 is 6.77. The minimum absolute atomic E-state index is 0.0912. The first-order chi connectivity index (χ1) is 16.1. The summed E-state index contributed by atoms with van der Waals surface area (Å²) in [5, 5.41) is 0. The summed E-state index contributed by atoms with van der Waals surface area (Å²) in [5.74, 6) is 2.12. The lowest BCUT2D eigenvalue weighted by atomic mass is 10.1. The molecule has 1 fully saturated rings. The number of hydrogen-bond donors (Lipinski definition) is 0. The van der Waals surface area contributed by atoms with Crippen LogP contribution < -0.4 is 14.2 Å². The van der Waals surface area contributed by atoms with Gasteiger partial charge in [-0.15, -0.1) is 0 Å². The second kappa shape index (κ2) is 11.0. The van der Waals surface area contributed by atoms with Crippen LogP contribution in [0.15, 0.2) is 83.8 Å². The van der Waals surface area contributed by atoms with Gasteiger partial charge in [-0.2, -0.15) is 0 Å². The summed E-state index contributed by atoms with van der Waals surface area (Å²) in [6.07, 6.45) is 1.84. The normalized spacial score (nSPS) is 14.6. The Hall–Kier alpha value is -3.29. The van der Waals surface area contributed by atoms with E-state index in [4.69, 9.17) is 26.4 Å². The van der Waals surface area contributed by atoms with Gasteiger partial charge in [0.25, 0.3) is 5.91 Å². The predicted molar refractivity (Wildman–Crippen MR) is 136 cm³/mol. The summed E-state index contributed by atoms with van der Waals surface area (Å²) in [7, 11) is 1.63. The van der Waals surface area contributed by atoms with E-state index in [0.717, 1.165) is 22.6 Å². The maximum absolute atomic E-state index is 13.0. The maximum atomic E-state index is 13.0. The standard InChI is InChI=1S/C26H23NO4S2/c1-29-21-11-13-22(14-12-21)30-15-16-31-23-10-6-5-9-20(23)17-24-25(28)27(26(32)33-24)18-19-7-3-2-4-8-19/h2-14,17H,15-16,18H2,1H3/b24-17-. The molecule has 1 aliphatic heterocycles. The van der Waals surface area contributed by atoms with Gasteiger partial charge in [0.2, 0.25) is 0 Å². The number of ether oxygens (including phenoxy) is 3. The molecule has 33 heavy (non-hydrogen) atoms. The Balaban J connectivity index is 1.38. The third-order valence-corrected chi connectivity index (χ3v) is 6.31. The number of carbonyl (C=O) groups excluding carboxylic acids is 1. The minimum Gasteiger partial charge on any atom is -0.497 e. The molecule has 0 saturated carbocycles. The Morgan fingerprint density at radius 3 is 2.30 bits per heavy atom. The molecule has 0 aromatic heterocycles. The van der Waals surface area contributed by atoms with Crippen LogP contribution in [-0.4, -0.2) is 35.5 Å². The molecule has 3 aromatic carbocycles. The number of nitrogens with zero attached hydrogens (tertiary/aromatic N) is 1. The molecule has 0 unspecified atom stereocenters. The largest absolute Gasteiger partial charge is 0.497 e. The molecule has 3 aromatic rings. The maximum Gasteiger partial charge on any atom is 0.266 e. The number of carbonyl (C=O) groups is 1. The third-order valence-electron chi connectivity index (χ3n) is 4.93. The number of benzene rings is 3. The molecule has 1 amide bonds. The number of para-hydroxylation sites is 1. The van der Waals surface area contributed by atoms with Crippen LogP contribution in [0.2, 0.25) is 0 Å². The Kier molecular flexibility index (Phi) is 7.65. The van der Waals surface area contributed by atoms with E-state index in [1.165, 1.54) is 11.8 Å². The van der Waals surface area contributed by atoms with E-state index < -0.39 is 0 Å². The van der Waals surface area contributed by atoms with Gasteiger partial charge in [-0.05, 0) is 42.0 Å². The fourth-order valence-corrected chi connectivity index (χ4v) is 4.50. The topological polar surface area (TPSA) is 48.0 Å². The van der Waals surface area contributed by atoms with E-state index >= 15 is 0 Å². The fourth-order valence-electron chi connectivity index (χ4n) is 3.26. The van der Waals surface area contributed by atoms with Crippen molar-refractivity contribution in [2.75, 3.05) is 20.3 Å².